The Bertz CT molecular complexity index is 388. The summed E-state index contributed by atoms with van der Waals surface area (Å²) in [6.07, 6.45) is 2.40. The van der Waals surface area contributed by atoms with Crippen molar-refractivity contribution in [2.24, 2.45) is 5.92 Å². The Morgan fingerprint density at radius 2 is 2.33 bits per heavy atom. The van der Waals surface area contributed by atoms with E-state index >= 15 is 0 Å². The van der Waals surface area contributed by atoms with Crippen LogP contribution < -0.4 is 5.32 Å². The second-order valence-corrected chi connectivity index (χ2v) is 5.43. The molecule has 1 aromatic rings. The Labute approximate surface area is 115 Å². The molecule has 0 radical (unpaired) electrons. The van der Waals surface area contributed by atoms with E-state index < -0.39 is 0 Å². The molecule has 0 spiro atoms. The number of nitrogens with one attached hydrogen (secondary N) is 1. The molecule has 1 heterocycles. The van der Waals surface area contributed by atoms with E-state index in [0.29, 0.717) is 12.0 Å². The summed E-state index contributed by atoms with van der Waals surface area (Å²) in [5, 5.41) is 4.43. The summed E-state index contributed by atoms with van der Waals surface area (Å²) in [5.74, 6) is 0.569. The van der Waals surface area contributed by atoms with Crippen molar-refractivity contribution in [1.82, 2.24) is 5.32 Å². The first kappa shape index (κ1) is 13.9. The molecule has 2 atom stereocenters. The van der Waals surface area contributed by atoms with Crippen molar-refractivity contribution < 1.29 is 4.74 Å². The number of aryl methyl sites for hydroxylation is 1. The highest BCUT2D eigenvalue weighted by Gasteiger charge is 2.25. The van der Waals surface area contributed by atoms with Gasteiger partial charge in [-0.05, 0) is 43.5 Å². The third kappa shape index (κ3) is 3.25. The highest BCUT2D eigenvalue weighted by atomic mass is 35.5. The van der Waals surface area contributed by atoms with Gasteiger partial charge in [-0.25, -0.2) is 0 Å². The predicted octanol–water partition coefficient (Wildman–Crippen LogP) is 3.73. The Hall–Kier alpha value is -0.570. The van der Waals surface area contributed by atoms with E-state index in [0.717, 1.165) is 30.3 Å². The van der Waals surface area contributed by atoms with Crippen LogP contribution in [0.25, 0.3) is 0 Å². The van der Waals surface area contributed by atoms with Crippen LogP contribution in [0.3, 0.4) is 0 Å². The quantitative estimate of drug-likeness (QED) is 0.898. The molecule has 0 aromatic heterocycles. The van der Waals surface area contributed by atoms with Gasteiger partial charge in [0, 0.05) is 23.6 Å². The molecule has 2 nitrogen and oxygen atoms in total. The average molecular weight is 268 g/mol. The van der Waals surface area contributed by atoms with Crippen LogP contribution >= 0.6 is 11.6 Å². The van der Waals surface area contributed by atoms with Gasteiger partial charge in [0.1, 0.15) is 0 Å². The lowest BCUT2D eigenvalue weighted by Gasteiger charge is -2.31. The summed E-state index contributed by atoms with van der Waals surface area (Å²) in [4.78, 5) is 0. The third-order valence-corrected chi connectivity index (χ3v) is 4.06. The largest absolute Gasteiger partial charge is 0.381 e. The van der Waals surface area contributed by atoms with Crippen LogP contribution in [0, 0.1) is 12.8 Å². The summed E-state index contributed by atoms with van der Waals surface area (Å²) < 4.78 is 5.62. The zero-order valence-electron chi connectivity index (χ0n) is 11.2. The van der Waals surface area contributed by atoms with Gasteiger partial charge < -0.3 is 10.1 Å². The number of benzene rings is 1. The first-order valence-corrected chi connectivity index (χ1v) is 7.17. The standard InChI is InChI=1S/C15H22ClNO/c1-3-17-15(13-5-4-8-18-10-13)12-6-7-14(16)11(2)9-12/h6-7,9,13,15,17H,3-5,8,10H2,1-2H3. The molecule has 3 heteroatoms. The van der Waals surface area contributed by atoms with Crippen LogP contribution in [0.15, 0.2) is 18.2 Å². The van der Waals surface area contributed by atoms with Gasteiger partial charge in [-0.1, -0.05) is 30.7 Å². The smallest absolute Gasteiger partial charge is 0.0512 e. The van der Waals surface area contributed by atoms with Crippen LogP contribution in [0.2, 0.25) is 5.02 Å². The Morgan fingerprint density at radius 3 is 2.94 bits per heavy atom. The molecule has 1 N–H and O–H groups in total. The molecule has 1 fully saturated rings. The first-order chi connectivity index (χ1) is 8.72. The van der Waals surface area contributed by atoms with Gasteiger partial charge in [0.2, 0.25) is 0 Å². The number of ether oxygens (including phenoxy) is 1. The van der Waals surface area contributed by atoms with Gasteiger partial charge >= 0.3 is 0 Å². The second-order valence-electron chi connectivity index (χ2n) is 5.02. The van der Waals surface area contributed by atoms with Gasteiger partial charge in [-0.2, -0.15) is 0 Å². The van der Waals surface area contributed by atoms with E-state index in [-0.39, 0.29) is 0 Å². The molecule has 1 aromatic carbocycles. The van der Waals surface area contributed by atoms with Crippen molar-refractivity contribution in [2.45, 2.75) is 32.7 Å². The molecule has 0 bridgehead atoms. The molecule has 0 aliphatic carbocycles. The summed E-state index contributed by atoms with van der Waals surface area (Å²) >= 11 is 6.10. The monoisotopic (exact) mass is 267 g/mol. The van der Waals surface area contributed by atoms with E-state index in [1.54, 1.807) is 0 Å². The maximum atomic E-state index is 6.10. The van der Waals surface area contributed by atoms with Crippen LogP contribution in [0.5, 0.6) is 0 Å². The molecule has 100 valence electrons. The number of hydrogen-bond acceptors (Lipinski definition) is 2. The average Bonchev–Trinajstić information content (AvgIpc) is 2.40. The fraction of sp³-hybridized carbons (Fsp3) is 0.600. The van der Waals surface area contributed by atoms with Crippen LogP contribution in [0.4, 0.5) is 0 Å². The van der Waals surface area contributed by atoms with Gasteiger partial charge in [0.15, 0.2) is 0 Å². The molecular weight excluding hydrogens is 246 g/mol. The number of halogens is 1. The topological polar surface area (TPSA) is 21.3 Å². The minimum Gasteiger partial charge on any atom is -0.381 e. The van der Waals surface area contributed by atoms with Crippen molar-refractivity contribution in [3.63, 3.8) is 0 Å². The third-order valence-electron chi connectivity index (χ3n) is 3.63. The van der Waals surface area contributed by atoms with Crippen molar-refractivity contribution in [2.75, 3.05) is 19.8 Å². The van der Waals surface area contributed by atoms with E-state index in [2.05, 4.69) is 31.3 Å². The molecular formula is C15H22ClNO. The number of hydrogen-bond donors (Lipinski definition) is 1. The Balaban J connectivity index is 2.19. The summed E-state index contributed by atoms with van der Waals surface area (Å²) in [5.41, 5.74) is 2.48. The Kier molecular flexibility index (Phi) is 5.04. The minimum absolute atomic E-state index is 0.381. The maximum absolute atomic E-state index is 6.10. The van der Waals surface area contributed by atoms with Crippen LogP contribution in [-0.2, 0) is 4.74 Å². The zero-order valence-corrected chi connectivity index (χ0v) is 12.0. The van der Waals surface area contributed by atoms with Crippen molar-refractivity contribution in [1.29, 1.82) is 0 Å². The van der Waals surface area contributed by atoms with Gasteiger partial charge in [0.25, 0.3) is 0 Å². The first-order valence-electron chi connectivity index (χ1n) is 6.79. The summed E-state index contributed by atoms with van der Waals surface area (Å²) in [6.45, 7) is 6.96. The van der Waals surface area contributed by atoms with Gasteiger partial charge in [-0.3, -0.25) is 0 Å². The van der Waals surface area contributed by atoms with E-state index in [1.807, 2.05) is 6.07 Å². The normalized spacial score (nSPS) is 21.8. The molecule has 1 saturated heterocycles. The highest BCUT2D eigenvalue weighted by Crippen LogP contribution is 2.30. The van der Waals surface area contributed by atoms with Crippen LogP contribution in [0.1, 0.15) is 36.9 Å². The Morgan fingerprint density at radius 1 is 1.50 bits per heavy atom. The molecule has 18 heavy (non-hydrogen) atoms. The second kappa shape index (κ2) is 6.55. The molecule has 1 aliphatic rings. The fourth-order valence-electron chi connectivity index (χ4n) is 2.67. The highest BCUT2D eigenvalue weighted by molar-refractivity contribution is 6.31. The lowest BCUT2D eigenvalue weighted by molar-refractivity contribution is 0.0393. The van der Waals surface area contributed by atoms with Gasteiger partial charge in [0.05, 0.1) is 6.61 Å². The summed E-state index contributed by atoms with van der Waals surface area (Å²) in [6, 6.07) is 6.72. The van der Waals surface area contributed by atoms with Gasteiger partial charge in [-0.15, -0.1) is 0 Å². The SMILES string of the molecule is CCNC(c1ccc(Cl)c(C)c1)C1CCCOC1. The van der Waals surface area contributed by atoms with Crippen LogP contribution in [-0.4, -0.2) is 19.8 Å². The lowest BCUT2D eigenvalue weighted by atomic mass is 9.88. The zero-order chi connectivity index (χ0) is 13.0. The van der Waals surface area contributed by atoms with Crippen molar-refractivity contribution in [3.8, 4) is 0 Å². The molecule has 2 rings (SSSR count). The van der Waals surface area contributed by atoms with E-state index in [9.17, 15) is 0 Å². The fourth-order valence-corrected chi connectivity index (χ4v) is 2.78. The maximum Gasteiger partial charge on any atom is 0.0512 e. The molecule has 1 aliphatic heterocycles. The summed E-state index contributed by atoms with van der Waals surface area (Å²) in [7, 11) is 0. The molecule has 0 amide bonds. The van der Waals surface area contributed by atoms with Crippen molar-refractivity contribution >= 4 is 11.6 Å². The van der Waals surface area contributed by atoms with E-state index in [4.69, 9.17) is 16.3 Å². The molecule has 2 unspecified atom stereocenters. The molecule has 0 saturated carbocycles. The predicted molar refractivity (Wildman–Crippen MR) is 76.1 cm³/mol. The minimum atomic E-state index is 0.381. The number of rotatable bonds is 4. The van der Waals surface area contributed by atoms with Crippen molar-refractivity contribution in [3.05, 3.63) is 34.3 Å². The lowest BCUT2D eigenvalue weighted by Crippen LogP contribution is -2.33. The van der Waals surface area contributed by atoms with E-state index in [1.165, 1.54) is 18.4 Å².